The third-order valence-corrected chi connectivity index (χ3v) is 3.34. The predicted molar refractivity (Wildman–Crippen MR) is 91.1 cm³/mol. The van der Waals surface area contributed by atoms with Crippen LogP contribution in [0.15, 0.2) is 41.2 Å². The van der Waals surface area contributed by atoms with Crippen molar-refractivity contribution in [3.8, 4) is 11.6 Å². The zero-order chi connectivity index (χ0) is 19.4. The molecule has 0 aliphatic carbocycles. The van der Waals surface area contributed by atoms with Crippen LogP contribution in [0, 0.1) is 17.0 Å². The molecule has 0 amide bonds. The van der Waals surface area contributed by atoms with Crippen molar-refractivity contribution < 1.29 is 23.7 Å². The molecule has 0 saturated heterocycles. The van der Waals surface area contributed by atoms with Crippen molar-refractivity contribution in [3.05, 3.63) is 58.1 Å². The first-order chi connectivity index (χ1) is 13.0. The predicted octanol–water partition coefficient (Wildman–Crippen LogP) is 3.00. The van der Waals surface area contributed by atoms with Crippen LogP contribution in [-0.2, 0) is 4.74 Å². The largest absolute Gasteiger partial charge is 0.465 e. The summed E-state index contributed by atoms with van der Waals surface area (Å²) in [5, 5.41) is 17.9. The summed E-state index contributed by atoms with van der Waals surface area (Å²) < 4.78 is 15.0. The number of carbonyl (C=O) groups excluding carboxylic acids is 1. The van der Waals surface area contributed by atoms with Gasteiger partial charge in [-0.1, -0.05) is 5.16 Å². The fourth-order valence-electron chi connectivity index (χ4n) is 2.13. The molecule has 3 rings (SSSR count). The van der Waals surface area contributed by atoms with Gasteiger partial charge in [-0.15, -0.1) is 0 Å². The molecule has 27 heavy (non-hydrogen) atoms. The molecule has 11 nitrogen and oxygen atoms in total. The maximum Gasteiger partial charge on any atom is 0.373 e. The molecule has 2 aromatic heterocycles. The first kappa shape index (κ1) is 17.8. The lowest BCUT2D eigenvalue weighted by atomic mass is 10.2. The average Bonchev–Trinajstić information content (AvgIpc) is 3.06. The molecule has 0 bridgehead atoms. The lowest BCUT2D eigenvalue weighted by Crippen LogP contribution is -2.04. The highest BCUT2D eigenvalue weighted by molar-refractivity contribution is 5.89. The van der Waals surface area contributed by atoms with Crippen LogP contribution in [0.3, 0.4) is 0 Å². The van der Waals surface area contributed by atoms with Crippen molar-refractivity contribution in [3.63, 3.8) is 0 Å². The number of benzene rings is 1. The molecular formula is C16H13N5O6. The van der Waals surface area contributed by atoms with Gasteiger partial charge < -0.3 is 19.3 Å². The third kappa shape index (κ3) is 3.98. The van der Waals surface area contributed by atoms with Gasteiger partial charge in [0.1, 0.15) is 17.8 Å². The monoisotopic (exact) mass is 371 g/mol. The molecule has 0 aliphatic heterocycles. The van der Waals surface area contributed by atoms with Gasteiger partial charge in [-0.25, -0.2) is 9.78 Å². The molecule has 11 heteroatoms. The minimum Gasteiger partial charge on any atom is -0.465 e. The molecule has 138 valence electrons. The minimum atomic E-state index is -0.673. The van der Waals surface area contributed by atoms with Crippen LogP contribution in [-0.4, -0.2) is 33.1 Å². The lowest BCUT2D eigenvalue weighted by Gasteiger charge is -2.08. The second-order valence-corrected chi connectivity index (χ2v) is 5.20. The number of aryl methyl sites for hydroxylation is 1. The van der Waals surface area contributed by atoms with E-state index in [1.165, 1.54) is 31.4 Å². The fourth-order valence-corrected chi connectivity index (χ4v) is 2.13. The van der Waals surface area contributed by atoms with Gasteiger partial charge in [-0.05, 0) is 31.2 Å². The van der Waals surface area contributed by atoms with Gasteiger partial charge in [-0.3, -0.25) is 10.1 Å². The molecule has 2 heterocycles. The van der Waals surface area contributed by atoms with Crippen molar-refractivity contribution in [2.24, 2.45) is 0 Å². The number of carbonyl (C=O) groups is 1. The Morgan fingerprint density at radius 2 is 2.00 bits per heavy atom. The van der Waals surface area contributed by atoms with E-state index in [-0.39, 0.29) is 23.3 Å². The van der Waals surface area contributed by atoms with E-state index in [1.807, 2.05) is 0 Å². The summed E-state index contributed by atoms with van der Waals surface area (Å²) in [5.41, 5.74) is -0.166. The number of nitrogens with one attached hydrogen (secondary N) is 1. The molecule has 1 N–H and O–H groups in total. The van der Waals surface area contributed by atoms with E-state index in [9.17, 15) is 14.9 Å². The Bertz CT molecular complexity index is 985. The van der Waals surface area contributed by atoms with Crippen molar-refractivity contribution in [1.82, 2.24) is 15.1 Å². The average molecular weight is 371 g/mol. The van der Waals surface area contributed by atoms with E-state index in [2.05, 4.69) is 25.2 Å². The maximum atomic E-state index is 11.5. The summed E-state index contributed by atoms with van der Waals surface area (Å²) in [6.07, 6.45) is 1.11. The smallest absolute Gasteiger partial charge is 0.373 e. The Morgan fingerprint density at radius 3 is 2.59 bits per heavy atom. The molecule has 0 fully saturated rings. The van der Waals surface area contributed by atoms with Crippen molar-refractivity contribution in [2.45, 2.75) is 6.92 Å². The standard InChI is InChI=1S/C16H13N5O6/c1-9-7-12(20-27-9)19-14-13(21(23)24)15(18-8-17-14)26-11-5-3-10(4-6-11)16(22)25-2/h3-8H,1-2H3,(H,17,18,19,20). The second-order valence-electron chi connectivity index (χ2n) is 5.20. The van der Waals surface area contributed by atoms with E-state index in [4.69, 9.17) is 9.26 Å². The van der Waals surface area contributed by atoms with Gasteiger partial charge in [0.05, 0.1) is 17.6 Å². The highest BCUT2D eigenvalue weighted by atomic mass is 16.6. The van der Waals surface area contributed by atoms with E-state index < -0.39 is 16.6 Å². The number of aromatic nitrogens is 3. The maximum absolute atomic E-state index is 11.5. The highest BCUT2D eigenvalue weighted by Gasteiger charge is 2.26. The quantitative estimate of drug-likeness (QED) is 0.390. The highest BCUT2D eigenvalue weighted by Crippen LogP contribution is 2.35. The molecule has 0 spiro atoms. The Kier molecular flexibility index (Phi) is 4.92. The van der Waals surface area contributed by atoms with E-state index in [0.29, 0.717) is 11.3 Å². The van der Waals surface area contributed by atoms with Gasteiger partial charge >= 0.3 is 17.5 Å². The summed E-state index contributed by atoms with van der Waals surface area (Å²) in [4.78, 5) is 30.0. The van der Waals surface area contributed by atoms with Gasteiger partial charge in [-0.2, -0.15) is 4.98 Å². The summed E-state index contributed by atoms with van der Waals surface area (Å²) in [5.74, 6) is 0.128. The number of esters is 1. The van der Waals surface area contributed by atoms with Crippen LogP contribution >= 0.6 is 0 Å². The van der Waals surface area contributed by atoms with Crippen LogP contribution in [0.25, 0.3) is 0 Å². The van der Waals surface area contributed by atoms with Gasteiger partial charge in [0.25, 0.3) is 0 Å². The topological polar surface area (TPSA) is 143 Å². The van der Waals surface area contributed by atoms with Gasteiger partial charge in [0, 0.05) is 6.07 Å². The number of methoxy groups -OCH3 is 1. The van der Waals surface area contributed by atoms with Crippen LogP contribution in [0.4, 0.5) is 17.3 Å². The Balaban J connectivity index is 1.89. The first-order valence-corrected chi connectivity index (χ1v) is 7.54. The number of anilines is 2. The summed E-state index contributed by atoms with van der Waals surface area (Å²) in [6, 6.07) is 7.41. The van der Waals surface area contributed by atoms with E-state index in [1.54, 1.807) is 13.0 Å². The second kappa shape index (κ2) is 7.47. The molecular weight excluding hydrogens is 358 g/mol. The van der Waals surface area contributed by atoms with Crippen molar-refractivity contribution >= 4 is 23.3 Å². The molecule has 3 aromatic rings. The number of hydrogen-bond acceptors (Lipinski definition) is 10. The molecule has 0 saturated carbocycles. The summed E-state index contributed by atoms with van der Waals surface area (Å²) in [7, 11) is 1.27. The van der Waals surface area contributed by atoms with Crippen LogP contribution in [0.5, 0.6) is 11.6 Å². The molecule has 1 aromatic carbocycles. The Labute approximate surface area is 152 Å². The zero-order valence-corrected chi connectivity index (χ0v) is 14.2. The van der Waals surface area contributed by atoms with Crippen LogP contribution in [0.1, 0.15) is 16.1 Å². The fraction of sp³-hybridized carbons (Fsp3) is 0.125. The number of nitro groups is 1. The van der Waals surface area contributed by atoms with Gasteiger partial charge in [0.2, 0.25) is 5.82 Å². The van der Waals surface area contributed by atoms with Crippen LogP contribution < -0.4 is 10.1 Å². The molecule has 0 atom stereocenters. The molecule has 0 aliphatic rings. The Morgan fingerprint density at radius 1 is 1.26 bits per heavy atom. The number of ether oxygens (including phenoxy) is 2. The first-order valence-electron chi connectivity index (χ1n) is 7.54. The molecule has 0 radical (unpaired) electrons. The Hall–Kier alpha value is -4.02. The summed E-state index contributed by atoms with van der Waals surface area (Å²) >= 11 is 0. The number of nitrogens with zero attached hydrogens (tertiary/aromatic N) is 4. The lowest BCUT2D eigenvalue weighted by molar-refractivity contribution is -0.385. The van der Waals surface area contributed by atoms with Crippen LogP contribution in [0.2, 0.25) is 0 Å². The third-order valence-electron chi connectivity index (χ3n) is 3.34. The zero-order valence-electron chi connectivity index (χ0n) is 14.2. The van der Waals surface area contributed by atoms with Crippen molar-refractivity contribution in [1.29, 1.82) is 0 Å². The normalized spacial score (nSPS) is 10.3. The summed E-state index contributed by atoms with van der Waals surface area (Å²) in [6.45, 7) is 1.68. The molecule has 0 unspecified atom stereocenters. The van der Waals surface area contributed by atoms with E-state index >= 15 is 0 Å². The van der Waals surface area contributed by atoms with Gasteiger partial charge in [0.15, 0.2) is 5.82 Å². The van der Waals surface area contributed by atoms with Crippen molar-refractivity contribution in [2.75, 3.05) is 12.4 Å². The minimum absolute atomic E-state index is 0.107. The SMILES string of the molecule is COC(=O)c1ccc(Oc2ncnc(Nc3cc(C)on3)c2[N+](=O)[O-])cc1. The number of rotatable bonds is 6. The van der Waals surface area contributed by atoms with E-state index in [0.717, 1.165) is 6.33 Å². The number of hydrogen-bond donors (Lipinski definition) is 1.